The van der Waals surface area contributed by atoms with E-state index in [0.717, 1.165) is 26.3 Å². The van der Waals surface area contributed by atoms with Gasteiger partial charge < -0.3 is 0 Å². The SMILES string of the molecule is Ic1ccn2ncc(-n3cc(-c4cnccn4)cn3)c2n1. The van der Waals surface area contributed by atoms with Gasteiger partial charge in [-0.25, -0.2) is 14.2 Å². The van der Waals surface area contributed by atoms with Gasteiger partial charge in [-0.2, -0.15) is 10.2 Å². The number of aromatic nitrogens is 7. The van der Waals surface area contributed by atoms with Gasteiger partial charge in [-0.05, 0) is 28.7 Å². The maximum atomic E-state index is 4.49. The van der Waals surface area contributed by atoms with Gasteiger partial charge in [0.15, 0.2) is 5.65 Å². The Hall–Kier alpha value is -2.36. The van der Waals surface area contributed by atoms with Gasteiger partial charge in [-0.3, -0.25) is 9.97 Å². The normalized spacial score (nSPS) is 11.1. The number of rotatable bonds is 2. The van der Waals surface area contributed by atoms with E-state index in [4.69, 9.17) is 0 Å². The van der Waals surface area contributed by atoms with Gasteiger partial charge in [0.1, 0.15) is 9.39 Å². The molecular weight excluding hydrogens is 381 g/mol. The summed E-state index contributed by atoms with van der Waals surface area (Å²) in [4.78, 5) is 12.8. The standard InChI is InChI=1S/C13H8IN7/c14-12-1-4-20-13(19-12)11(7-18-20)21-8-9(5-17-21)10-6-15-2-3-16-10/h1-8H. The first-order valence-corrected chi connectivity index (χ1v) is 7.20. The molecule has 0 bridgehead atoms. The lowest BCUT2D eigenvalue weighted by atomic mass is 10.3. The summed E-state index contributed by atoms with van der Waals surface area (Å²) in [5.74, 6) is 0. The van der Waals surface area contributed by atoms with E-state index in [-0.39, 0.29) is 0 Å². The molecule has 0 N–H and O–H groups in total. The molecule has 7 nitrogen and oxygen atoms in total. The summed E-state index contributed by atoms with van der Waals surface area (Å²) in [6, 6.07) is 1.90. The third-order valence-corrected chi connectivity index (χ3v) is 3.61. The first kappa shape index (κ1) is 12.4. The Kier molecular flexibility index (Phi) is 2.88. The number of fused-ring (bicyclic) bond motifs is 1. The molecule has 4 heterocycles. The first-order chi connectivity index (χ1) is 10.3. The van der Waals surface area contributed by atoms with Gasteiger partial charge in [-0.15, -0.1) is 0 Å². The van der Waals surface area contributed by atoms with Crippen LogP contribution in [0.25, 0.3) is 22.6 Å². The van der Waals surface area contributed by atoms with Crippen molar-refractivity contribution in [3.8, 4) is 16.9 Å². The minimum absolute atomic E-state index is 0.760. The van der Waals surface area contributed by atoms with Gasteiger partial charge in [0, 0.05) is 30.4 Å². The molecule has 0 unspecified atom stereocenters. The smallest absolute Gasteiger partial charge is 0.182 e. The van der Waals surface area contributed by atoms with E-state index in [1.807, 2.05) is 18.5 Å². The van der Waals surface area contributed by atoms with Gasteiger partial charge in [0.2, 0.25) is 0 Å². The van der Waals surface area contributed by atoms with Crippen molar-refractivity contribution < 1.29 is 0 Å². The largest absolute Gasteiger partial charge is 0.261 e. The van der Waals surface area contributed by atoms with Crippen LogP contribution in [-0.2, 0) is 0 Å². The monoisotopic (exact) mass is 389 g/mol. The lowest BCUT2D eigenvalue weighted by Gasteiger charge is -1.98. The summed E-state index contributed by atoms with van der Waals surface area (Å²) < 4.78 is 4.37. The molecule has 21 heavy (non-hydrogen) atoms. The van der Waals surface area contributed by atoms with E-state index in [1.165, 1.54) is 0 Å². The fraction of sp³-hybridized carbons (Fsp3) is 0. The average molecular weight is 389 g/mol. The van der Waals surface area contributed by atoms with E-state index in [0.29, 0.717) is 0 Å². The fourth-order valence-electron chi connectivity index (χ4n) is 2.03. The second-order valence-electron chi connectivity index (χ2n) is 4.31. The number of halogens is 1. The zero-order valence-corrected chi connectivity index (χ0v) is 12.8. The molecule has 8 heteroatoms. The maximum absolute atomic E-state index is 4.49. The van der Waals surface area contributed by atoms with Crippen molar-refractivity contribution in [2.45, 2.75) is 0 Å². The Morgan fingerprint density at radius 2 is 2.00 bits per heavy atom. The topological polar surface area (TPSA) is 73.8 Å². The van der Waals surface area contributed by atoms with E-state index in [2.05, 4.69) is 47.7 Å². The summed E-state index contributed by atoms with van der Waals surface area (Å²) in [7, 11) is 0. The average Bonchev–Trinajstić information content (AvgIpc) is 3.14. The van der Waals surface area contributed by atoms with Crippen LogP contribution in [0.2, 0.25) is 0 Å². The highest BCUT2D eigenvalue weighted by molar-refractivity contribution is 14.1. The molecule has 0 spiro atoms. The van der Waals surface area contributed by atoms with E-state index >= 15 is 0 Å². The molecule has 0 aliphatic heterocycles. The van der Waals surface area contributed by atoms with Crippen LogP contribution < -0.4 is 0 Å². The highest BCUT2D eigenvalue weighted by Crippen LogP contribution is 2.19. The van der Waals surface area contributed by atoms with Crippen molar-refractivity contribution in [1.82, 2.24) is 34.3 Å². The Morgan fingerprint density at radius 3 is 2.86 bits per heavy atom. The Morgan fingerprint density at radius 1 is 1.05 bits per heavy atom. The molecular formula is C13H8IN7. The van der Waals surface area contributed by atoms with Crippen molar-refractivity contribution in [3.63, 3.8) is 0 Å². The van der Waals surface area contributed by atoms with Crippen molar-refractivity contribution in [2.24, 2.45) is 0 Å². The number of hydrogen-bond acceptors (Lipinski definition) is 5. The molecule has 0 saturated carbocycles. The quantitative estimate of drug-likeness (QED) is 0.387. The van der Waals surface area contributed by atoms with Crippen LogP contribution in [0.5, 0.6) is 0 Å². The Labute approximate surface area is 132 Å². The highest BCUT2D eigenvalue weighted by atomic mass is 127. The molecule has 0 saturated heterocycles. The van der Waals surface area contributed by atoms with E-state index < -0.39 is 0 Å². The molecule has 0 fully saturated rings. The zero-order chi connectivity index (χ0) is 14.2. The Balaban J connectivity index is 1.83. The minimum Gasteiger partial charge on any atom is -0.261 e. The summed E-state index contributed by atoms with van der Waals surface area (Å²) in [6.07, 6.45) is 12.3. The third kappa shape index (κ3) is 2.17. The first-order valence-electron chi connectivity index (χ1n) is 6.12. The molecule has 4 aromatic heterocycles. The van der Waals surface area contributed by atoms with Crippen molar-refractivity contribution in [1.29, 1.82) is 0 Å². The molecule has 102 valence electrons. The van der Waals surface area contributed by atoms with Gasteiger partial charge >= 0.3 is 0 Å². The van der Waals surface area contributed by atoms with Crippen LogP contribution in [-0.4, -0.2) is 34.3 Å². The van der Waals surface area contributed by atoms with Crippen LogP contribution in [0, 0.1) is 3.70 Å². The van der Waals surface area contributed by atoms with Crippen LogP contribution >= 0.6 is 22.6 Å². The minimum atomic E-state index is 0.760. The molecule has 4 aromatic rings. The molecule has 0 aliphatic rings. The highest BCUT2D eigenvalue weighted by Gasteiger charge is 2.10. The zero-order valence-electron chi connectivity index (χ0n) is 10.6. The number of nitrogens with zero attached hydrogens (tertiary/aromatic N) is 7. The second-order valence-corrected chi connectivity index (χ2v) is 5.42. The van der Waals surface area contributed by atoms with Crippen LogP contribution in [0.15, 0.2) is 49.4 Å². The van der Waals surface area contributed by atoms with E-state index in [1.54, 1.807) is 40.2 Å². The van der Waals surface area contributed by atoms with Gasteiger partial charge in [-0.1, -0.05) is 0 Å². The predicted molar refractivity (Wildman–Crippen MR) is 83.9 cm³/mol. The molecule has 0 atom stereocenters. The van der Waals surface area contributed by atoms with Crippen molar-refractivity contribution in [2.75, 3.05) is 0 Å². The Bertz CT molecular complexity index is 913. The predicted octanol–water partition coefficient (Wildman–Crippen LogP) is 1.98. The summed E-state index contributed by atoms with van der Waals surface area (Å²) in [6.45, 7) is 0. The van der Waals surface area contributed by atoms with E-state index in [9.17, 15) is 0 Å². The second kappa shape index (κ2) is 4.88. The summed E-state index contributed by atoms with van der Waals surface area (Å²) in [5, 5.41) is 8.65. The lowest BCUT2D eigenvalue weighted by molar-refractivity contribution is 0.883. The molecule has 0 aromatic carbocycles. The summed E-state index contributed by atoms with van der Waals surface area (Å²) in [5.41, 5.74) is 3.26. The van der Waals surface area contributed by atoms with Gasteiger partial charge in [0.05, 0.1) is 24.3 Å². The van der Waals surface area contributed by atoms with Gasteiger partial charge in [0.25, 0.3) is 0 Å². The lowest BCUT2D eigenvalue weighted by Crippen LogP contribution is -1.97. The van der Waals surface area contributed by atoms with Crippen LogP contribution in [0.1, 0.15) is 0 Å². The molecule has 0 radical (unpaired) electrons. The fourth-order valence-corrected chi connectivity index (χ4v) is 2.42. The van der Waals surface area contributed by atoms with Crippen LogP contribution in [0.3, 0.4) is 0 Å². The number of hydrogen-bond donors (Lipinski definition) is 0. The molecule has 0 aliphatic carbocycles. The maximum Gasteiger partial charge on any atom is 0.182 e. The summed E-state index contributed by atoms with van der Waals surface area (Å²) >= 11 is 2.18. The third-order valence-electron chi connectivity index (χ3n) is 3.00. The van der Waals surface area contributed by atoms with Crippen molar-refractivity contribution in [3.05, 3.63) is 53.1 Å². The van der Waals surface area contributed by atoms with Crippen molar-refractivity contribution >= 4 is 28.2 Å². The molecule has 4 rings (SSSR count). The van der Waals surface area contributed by atoms with Crippen LogP contribution in [0.4, 0.5) is 0 Å². The molecule has 0 amide bonds.